The maximum absolute atomic E-state index is 13.6. The quantitative estimate of drug-likeness (QED) is 0.605. The second kappa shape index (κ2) is 9.06. The zero-order valence-corrected chi connectivity index (χ0v) is 18.6. The summed E-state index contributed by atoms with van der Waals surface area (Å²) in [4.78, 5) is 29.7. The lowest BCUT2D eigenvalue weighted by atomic mass is 10.0. The zero-order valence-electron chi connectivity index (χ0n) is 17.0. The van der Waals surface area contributed by atoms with E-state index in [1.54, 1.807) is 10.3 Å². The van der Waals surface area contributed by atoms with Gasteiger partial charge in [-0.05, 0) is 60.8 Å². The van der Waals surface area contributed by atoms with Crippen molar-refractivity contribution >= 4 is 40.4 Å². The monoisotopic (exact) mass is 440 g/mol. The molecular weight excluding hydrogens is 416 g/mol. The van der Waals surface area contributed by atoms with Gasteiger partial charge in [-0.2, -0.15) is 0 Å². The molecule has 1 N–H and O–H groups in total. The van der Waals surface area contributed by atoms with Gasteiger partial charge in [-0.1, -0.05) is 41.6 Å². The number of amides is 2. The van der Waals surface area contributed by atoms with Crippen LogP contribution in [0.1, 0.15) is 58.2 Å². The third-order valence-electron chi connectivity index (χ3n) is 5.50. The minimum atomic E-state index is -0.764. The minimum Gasteiger partial charge on any atom is -0.351 e. The van der Waals surface area contributed by atoms with Gasteiger partial charge < -0.3 is 5.32 Å². The SMILES string of the molecule is Cc1cccc(C)c1N(C(=O)c1csnn1)[C@@H](C(=O)NC1CCCC1)c1cccs1. The Labute approximate surface area is 184 Å². The van der Waals surface area contributed by atoms with E-state index in [1.165, 1.54) is 11.3 Å². The number of para-hydroxylation sites is 1. The molecular formula is C22H24N4O2S2. The number of nitrogens with one attached hydrogen (secondary N) is 1. The fraction of sp³-hybridized carbons (Fsp3) is 0.364. The van der Waals surface area contributed by atoms with Gasteiger partial charge in [-0.25, -0.2) is 0 Å². The molecule has 1 aliphatic rings. The van der Waals surface area contributed by atoms with E-state index in [4.69, 9.17) is 0 Å². The second-order valence-corrected chi connectivity index (χ2v) is 9.20. The molecule has 1 atom stereocenters. The van der Waals surface area contributed by atoms with E-state index in [9.17, 15) is 9.59 Å². The number of aromatic nitrogens is 2. The number of benzene rings is 1. The van der Waals surface area contributed by atoms with Crippen LogP contribution in [0.15, 0.2) is 41.1 Å². The van der Waals surface area contributed by atoms with Crippen LogP contribution in [0.3, 0.4) is 0 Å². The Morgan fingerprint density at radius 3 is 2.47 bits per heavy atom. The fourth-order valence-electron chi connectivity index (χ4n) is 4.09. The van der Waals surface area contributed by atoms with E-state index < -0.39 is 6.04 Å². The van der Waals surface area contributed by atoms with Crippen LogP contribution in [0.25, 0.3) is 0 Å². The van der Waals surface area contributed by atoms with E-state index in [-0.39, 0.29) is 23.6 Å². The van der Waals surface area contributed by atoms with Crippen LogP contribution in [0.2, 0.25) is 0 Å². The van der Waals surface area contributed by atoms with Gasteiger partial charge in [0.2, 0.25) is 5.91 Å². The summed E-state index contributed by atoms with van der Waals surface area (Å²) in [5, 5.41) is 10.8. The zero-order chi connectivity index (χ0) is 21.1. The molecule has 0 bridgehead atoms. The van der Waals surface area contributed by atoms with Gasteiger partial charge in [0.05, 0.1) is 5.69 Å². The first-order valence-electron chi connectivity index (χ1n) is 10.1. The average molecular weight is 441 g/mol. The molecule has 3 aromatic rings. The molecule has 156 valence electrons. The highest BCUT2D eigenvalue weighted by Gasteiger charge is 2.37. The normalized spacial score (nSPS) is 15.1. The van der Waals surface area contributed by atoms with Gasteiger partial charge >= 0.3 is 0 Å². The van der Waals surface area contributed by atoms with Crippen molar-refractivity contribution < 1.29 is 9.59 Å². The van der Waals surface area contributed by atoms with Crippen LogP contribution >= 0.6 is 22.9 Å². The van der Waals surface area contributed by atoms with Crippen molar-refractivity contribution in [3.8, 4) is 0 Å². The predicted octanol–water partition coefficient (Wildman–Crippen LogP) is 4.66. The minimum absolute atomic E-state index is 0.149. The van der Waals surface area contributed by atoms with Crippen LogP contribution in [-0.4, -0.2) is 27.4 Å². The largest absolute Gasteiger partial charge is 0.351 e. The molecule has 2 aromatic heterocycles. The molecule has 0 saturated heterocycles. The maximum Gasteiger partial charge on any atom is 0.280 e. The Balaban J connectivity index is 1.82. The van der Waals surface area contributed by atoms with Crippen LogP contribution in [0.5, 0.6) is 0 Å². The van der Waals surface area contributed by atoms with Gasteiger partial charge in [0.15, 0.2) is 11.7 Å². The van der Waals surface area contributed by atoms with Gasteiger partial charge in [0.25, 0.3) is 5.91 Å². The molecule has 6 nitrogen and oxygen atoms in total. The van der Waals surface area contributed by atoms with E-state index >= 15 is 0 Å². The number of hydrogen-bond donors (Lipinski definition) is 1. The average Bonchev–Trinajstić information content (AvgIpc) is 3.49. The van der Waals surface area contributed by atoms with Crippen LogP contribution in [0, 0.1) is 13.8 Å². The molecule has 0 aliphatic heterocycles. The first-order chi connectivity index (χ1) is 14.6. The van der Waals surface area contributed by atoms with Gasteiger partial charge in [-0.15, -0.1) is 16.4 Å². The third kappa shape index (κ3) is 4.15. The maximum atomic E-state index is 13.6. The number of nitrogens with zero attached hydrogens (tertiary/aromatic N) is 3. The Morgan fingerprint density at radius 2 is 1.87 bits per heavy atom. The molecule has 0 spiro atoms. The summed E-state index contributed by atoms with van der Waals surface area (Å²) in [5.41, 5.74) is 2.86. The lowest BCUT2D eigenvalue weighted by Gasteiger charge is -2.33. The number of carbonyl (C=O) groups is 2. The number of carbonyl (C=O) groups excluding carboxylic acids is 2. The summed E-state index contributed by atoms with van der Waals surface area (Å²) in [5.74, 6) is -0.468. The van der Waals surface area contributed by atoms with Crippen molar-refractivity contribution in [3.63, 3.8) is 0 Å². The number of thiophene rings is 1. The predicted molar refractivity (Wildman–Crippen MR) is 120 cm³/mol. The molecule has 1 saturated carbocycles. The summed E-state index contributed by atoms with van der Waals surface area (Å²) >= 11 is 2.60. The summed E-state index contributed by atoms with van der Waals surface area (Å²) in [6, 6.07) is 9.10. The molecule has 8 heteroatoms. The number of hydrogen-bond acceptors (Lipinski definition) is 6. The first-order valence-corrected chi connectivity index (χ1v) is 11.8. The van der Waals surface area contributed by atoms with E-state index in [0.29, 0.717) is 0 Å². The van der Waals surface area contributed by atoms with Crippen LogP contribution in [0.4, 0.5) is 5.69 Å². The molecule has 2 heterocycles. The van der Waals surface area contributed by atoms with Gasteiger partial charge in [0.1, 0.15) is 0 Å². The lowest BCUT2D eigenvalue weighted by molar-refractivity contribution is -0.123. The summed E-state index contributed by atoms with van der Waals surface area (Å²) in [6.45, 7) is 3.92. The Morgan fingerprint density at radius 1 is 1.13 bits per heavy atom. The highest BCUT2D eigenvalue weighted by atomic mass is 32.1. The second-order valence-electron chi connectivity index (χ2n) is 7.61. The Bertz CT molecular complexity index is 992. The van der Waals surface area contributed by atoms with Crippen LogP contribution in [-0.2, 0) is 4.79 Å². The van der Waals surface area contributed by atoms with E-state index in [0.717, 1.165) is 58.9 Å². The van der Waals surface area contributed by atoms with E-state index in [2.05, 4.69) is 14.9 Å². The van der Waals surface area contributed by atoms with Crippen molar-refractivity contribution in [1.29, 1.82) is 0 Å². The standard InChI is InChI=1S/C22H24N4O2S2/c1-14-7-5-8-15(2)19(14)26(22(28)17-13-30-25-24-17)20(18-11-6-12-29-18)21(27)23-16-9-3-4-10-16/h5-8,11-13,16,20H,3-4,9-10H2,1-2H3,(H,23,27)/t20-/m1/s1. The fourth-order valence-corrected chi connectivity index (χ4v) is 5.33. The van der Waals surface area contributed by atoms with Crippen molar-refractivity contribution in [2.75, 3.05) is 4.90 Å². The highest BCUT2D eigenvalue weighted by molar-refractivity contribution is 7.10. The topological polar surface area (TPSA) is 75.2 Å². The van der Waals surface area contributed by atoms with Crippen molar-refractivity contribution in [2.45, 2.75) is 51.6 Å². The molecule has 4 rings (SSSR count). The number of aryl methyl sites for hydroxylation is 2. The highest BCUT2D eigenvalue weighted by Crippen LogP contribution is 2.36. The molecule has 0 radical (unpaired) electrons. The molecule has 1 fully saturated rings. The Kier molecular flexibility index (Phi) is 6.24. The van der Waals surface area contributed by atoms with Crippen molar-refractivity contribution in [3.05, 3.63) is 62.8 Å². The molecule has 0 unspecified atom stereocenters. The Hall–Kier alpha value is -2.58. The van der Waals surface area contributed by atoms with Crippen molar-refractivity contribution in [1.82, 2.24) is 14.9 Å². The van der Waals surface area contributed by atoms with Crippen LogP contribution < -0.4 is 10.2 Å². The summed E-state index contributed by atoms with van der Waals surface area (Å²) in [6.07, 6.45) is 4.21. The van der Waals surface area contributed by atoms with E-state index in [1.807, 2.05) is 49.6 Å². The number of rotatable bonds is 6. The first kappa shape index (κ1) is 20.7. The molecule has 1 aromatic carbocycles. The molecule has 2 amide bonds. The summed E-state index contributed by atoms with van der Waals surface area (Å²) < 4.78 is 3.86. The van der Waals surface area contributed by atoms with Crippen molar-refractivity contribution in [2.24, 2.45) is 0 Å². The van der Waals surface area contributed by atoms with Gasteiger partial charge in [0, 0.05) is 16.3 Å². The lowest BCUT2D eigenvalue weighted by Crippen LogP contribution is -2.46. The smallest absolute Gasteiger partial charge is 0.280 e. The molecule has 30 heavy (non-hydrogen) atoms. The molecule has 1 aliphatic carbocycles. The third-order valence-corrected chi connectivity index (χ3v) is 6.93. The number of anilines is 1. The summed E-state index contributed by atoms with van der Waals surface area (Å²) in [7, 11) is 0. The van der Waals surface area contributed by atoms with Gasteiger partial charge in [-0.3, -0.25) is 14.5 Å².